The minimum absolute atomic E-state index is 0.617. The normalized spacial score (nSPS) is 28.7. The number of hydrogen-bond acceptors (Lipinski definition) is 2. The van der Waals surface area contributed by atoms with Gasteiger partial charge in [-0.25, -0.2) is 0 Å². The highest BCUT2D eigenvalue weighted by Crippen LogP contribution is 2.38. The first kappa shape index (κ1) is 8.10. The predicted octanol–water partition coefficient (Wildman–Crippen LogP) is 0.257. The van der Waals surface area contributed by atoms with Crippen LogP contribution < -0.4 is 0 Å². The van der Waals surface area contributed by atoms with Gasteiger partial charge in [-0.2, -0.15) is 0 Å². The van der Waals surface area contributed by atoms with Gasteiger partial charge >= 0.3 is 0 Å². The van der Waals surface area contributed by atoms with Crippen LogP contribution in [0.5, 0.6) is 0 Å². The Hall–Kier alpha value is -0.520. The summed E-state index contributed by atoms with van der Waals surface area (Å²) in [6.07, 6.45) is 6.63. The van der Waals surface area contributed by atoms with E-state index in [-0.39, 0.29) is 0 Å². The van der Waals surface area contributed by atoms with Crippen molar-refractivity contribution >= 4 is 0 Å². The molecule has 2 aliphatic rings. The molecule has 0 aromatic heterocycles. The van der Waals surface area contributed by atoms with Crippen LogP contribution in [-0.4, -0.2) is 49.6 Å². The van der Waals surface area contributed by atoms with Gasteiger partial charge in [0.1, 0.15) is 0 Å². The van der Waals surface area contributed by atoms with E-state index in [2.05, 4.69) is 22.8 Å². The summed E-state index contributed by atoms with van der Waals surface area (Å²) in [5, 5.41) is 0. The van der Waals surface area contributed by atoms with E-state index in [1.54, 1.807) is 0 Å². The topological polar surface area (TPSA) is 6.48 Å². The Morgan fingerprint density at radius 2 is 2.17 bits per heavy atom. The lowest BCUT2D eigenvalue weighted by molar-refractivity contribution is 0.0319. The number of hydrogen-bond donors (Lipinski definition) is 0. The molecule has 0 aromatic rings. The van der Waals surface area contributed by atoms with Crippen LogP contribution in [0.4, 0.5) is 0 Å². The fraction of sp³-hybridized carbons (Fsp3) is 0.800. The molecular weight excluding hydrogens is 148 g/mol. The van der Waals surface area contributed by atoms with Crippen LogP contribution in [0, 0.1) is 17.8 Å². The maximum Gasteiger partial charge on any atom is 0.0599 e. The van der Waals surface area contributed by atoms with E-state index in [0.29, 0.717) is 5.41 Å². The minimum Gasteiger partial charge on any atom is -0.305 e. The highest BCUT2D eigenvalue weighted by atomic mass is 15.2. The van der Waals surface area contributed by atoms with Crippen LogP contribution in [0.25, 0.3) is 0 Å². The van der Waals surface area contributed by atoms with Crippen molar-refractivity contribution in [3.8, 4) is 12.3 Å². The summed E-state index contributed by atoms with van der Waals surface area (Å²) >= 11 is 0. The quantitative estimate of drug-likeness (QED) is 0.513. The summed E-state index contributed by atoms with van der Waals surface area (Å²) < 4.78 is 0. The summed E-state index contributed by atoms with van der Waals surface area (Å²) in [6, 6.07) is 0. The lowest BCUT2D eigenvalue weighted by atomic mass is 9.79. The minimum atomic E-state index is 0.617. The molecule has 2 aliphatic heterocycles. The second-order valence-corrected chi connectivity index (χ2v) is 4.34. The van der Waals surface area contributed by atoms with Crippen LogP contribution in [-0.2, 0) is 0 Å². The monoisotopic (exact) mass is 164 g/mol. The maximum atomic E-state index is 5.28. The van der Waals surface area contributed by atoms with Gasteiger partial charge in [0.2, 0.25) is 0 Å². The van der Waals surface area contributed by atoms with Gasteiger partial charge in [0.25, 0.3) is 0 Å². The Bertz CT molecular complexity index is 210. The zero-order valence-corrected chi connectivity index (χ0v) is 7.71. The average molecular weight is 164 g/mol. The first-order valence-corrected chi connectivity index (χ1v) is 4.58. The summed E-state index contributed by atoms with van der Waals surface area (Å²) in [4.78, 5) is 4.78. The Kier molecular flexibility index (Phi) is 1.86. The molecular formula is C10H16N2. The van der Waals surface area contributed by atoms with Gasteiger partial charge in [-0.1, -0.05) is 5.92 Å². The first-order chi connectivity index (χ1) is 5.74. The van der Waals surface area contributed by atoms with Crippen molar-refractivity contribution in [3.05, 3.63) is 0 Å². The van der Waals surface area contributed by atoms with Crippen molar-refractivity contribution in [3.63, 3.8) is 0 Å². The SMILES string of the molecule is C#CCN1CCC2(CN(C)C2)C1. The molecule has 0 radical (unpaired) electrons. The Morgan fingerprint density at radius 3 is 2.75 bits per heavy atom. The molecule has 0 aromatic carbocycles. The van der Waals surface area contributed by atoms with E-state index in [4.69, 9.17) is 6.42 Å². The highest BCUT2D eigenvalue weighted by molar-refractivity contribution is 5.02. The van der Waals surface area contributed by atoms with Gasteiger partial charge < -0.3 is 4.90 Å². The molecule has 0 atom stereocenters. The molecule has 2 heterocycles. The molecule has 0 unspecified atom stereocenters. The number of rotatable bonds is 1. The maximum absolute atomic E-state index is 5.28. The third-order valence-corrected chi connectivity index (χ3v) is 3.04. The zero-order valence-electron chi connectivity index (χ0n) is 7.71. The second-order valence-electron chi connectivity index (χ2n) is 4.34. The standard InChI is InChI=1S/C10H16N2/c1-3-5-12-6-4-10(9-12)7-11(2)8-10/h1H,4-9H2,2H3. The van der Waals surface area contributed by atoms with Crippen molar-refractivity contribution in [1.82, 2.24) is 9.80 Å². The highest BCUT2D eigenvalue weighted by Gasteiger charge is 2.45. The molecule has 0 amide bonds. The van der Waals surface area contributed by atoms with E-state index in [1.165, 1.54) is 32.6 Å². The predicted molar refractivity (Wildman–Crippen MR) is 49.8 cm³/mol. The fourth-order valence-corrected chi connectivity index (χ4v) is 2.65. The molecule has 0 aliphatic carbocycles. The van der Waals surface area contributed by atoms with E-state index < -0.39 is 0 Å². The summed E-state index contributed by atoms with van der Waals surface area (Å²) in [5.74, 6) is 2.72. The molecule has 2 nitrogen and oxygen atoms in total. The molecule has 2 heteroatoms. The van der Waals surface area contributed by atoms with Crippen molar-refractivity contribution in [2.45, 2.75) is 6.42 Å². The molecule has 0 saturated carbocycles. The van der Waals surface area contributed by atoms with Crippen LogP contribution in [0.15, 0.2) is 0 Å². The third kappa shape index (κ3) is 1.24. The Labute approximate surface area is 74.5 Å². The molecule has 2 fully saturated rings. The van der Waals surface area contributed by atoms with Gasteiger partial charge in [0.15, 0.2) is 0 Å². The van der Waals surface area contributed by atoms with Crippen molar-refractivity contribution in [2.75, 3.05) is 39.8 Å². The molecule has 66 valence electrons. The van der Waals surface area contributed by atoms with E-state index >= 15 is 0 Å². The van der Waals surface area contributed by atoms with E-state index in [0.717, 1.165) is 6.54 Å². The molecule has 12 heavy (non-hydrogen) atoms. The molecule has 2 rings (SSSR count). The smallest absolute Gasteiger partial charge is 0.0599 e. The van der Waals surface area contributed by atoms with E-state index in [1.807, 2.05) is 0 Å². The van der Waals surface area contributed by atoms with Gasteiger partial charge in [0.05, 0.1) is 6.54 Å². The Morgan fingerprint density at radius 1 is 1.42 bits per heavy atom. The molecule has 2 saturated heterocycles. The molecule has 1 spiro atoms. The summed E-state index contributed by atoms with van der Waals surface area (Å²) in [7, 11) is 2.19. The molecule has 0 N–H and O–H groups in total. The first-order valence-electron chi connectivity index (χ1n) is 4.58. The van der Waals surface area contributed by atoms with Crippen molar-refractivity contribution in [2.24, 2.45) is 5.41 Å². The lowest BCUT2D eigenvalue weighted by Crippen LogP contribution is -2.55. The third-order valence-electron chi connectivity index (χ3n) is 3.04. The summed E-state index contributed by atoms with van der Waals surface area (Å²) in [5.41, 5.74) is 0.617. The fourth-order valence-electron chi connectivity index (χ4n) is 2.65. The lowest BCUT2D eigenvalue weighted by Gasteiger charge is -2.46. The van der Waals surface area contributed by atoms with Crippen molar-refractivity contribution in [1.29, 1.82) is 0 Å². The van der Waals surface area contributed by atoms with Crippen LogP contribution in [0.1, 0.15) is 6.42 Å². The number of nitrogens with zero attached hydrogens (tertiary/aromatic N) is 2. The second kappa shape index (κ2) is 2.76. The van der Waals surface area contributed by atoms with Crippen LogP contribution in [0.2, 0.25) is 0 Å². The molecule has 0 bridgehead atoms. The summed E-state index contributed by atoms with van der Waals surface area (Å²) in [6.45, 7) is 5.81. The number of likely N-dealkylation sites (tertiary alicyclic amines) is 2. The van der Waals surface area contributed by atoms with Crippen molar-refractivity contribution < 1.29 is 0 Å². The zero-order chi connectivity index (χ0) is 8.60. The van der Waals surface area contributed by atoms with Gasteiger partial charge in [-0.3, -0.25) is 4.90 Å². The largest absolute Gasteiger partial charge is 0.305 e. The van der Waals surface area contributed by atoms with Crippen LogP contribution in [0.3, 0.4) is 0 Å². The number of terminal acetylenes is 1. The Balaban J connectivity index is 1.87. The van der Waals surface area contributed by atoms with E-state index in [9.17, 15) is 0 Å². The average Bonchev–Trinajstić information content (AvgIpc) is 2.33. The van der Waals surface area contributed by atoms with Gasteiger partial charge in [0, 0.05) is 25.0 Å². The van der Waals surface area contributed by atoms with Gasteiger partial charge in [-0.15, -0.1) is 6.42 Å². The van der Waals surface area contributed by atoms with Gasteiger partial charge in [-0.05, 0) is 20.0 Å². The van der Waals surface area contributed by atoms with Crippen LogP contribution >= 0.6 is 0 Å².